The van der Waals surface area contributed by atoms with Crippen LogP contribution in [0.2, 0.25) is 5.02 Å². The standard InChI is InChI=1S/C25H26ClFN6O4S/c1-14(2)15-6-4-5-7-17(15)25(12-33(13-25)21-8-9-22(32-31-21)38(28,36)37)24(35)30-20-11-19(27)18(26)10-16(20)23(34)29-3/h4-11,14H,12-13H2,1-3H3,(H,29,34)(H,30,35)(H2,28,36,37). The second kappa shape index (κ2) is 10.3. The number of aromatic nitrogens is 2. The number of anilines is 2. The number of amides is 2. The number of benzene rings is 2. The van der Waals surface area contributed by atoms with Gasteiger partial charge in [-0.3, -0.25) is 9.59 Å². The molecule has 0 aliphatic carbocycles. The summed E-state index contributed by atoms with van der Waals surface area (Å²) in [5.41, 5.74) is 0.617. The van der Waals surface area contributed by atoms with Crippen LogP contribution >= 0.6 is 11.6 Å². The molecule has 1 aliphatic heterocycles. The van der Waals surface area contributed by atoms with Crippen molar-refractivity contribution in [2.24, 2.45) is 5.14 Å². The van der Waals surface area contributed by atoms with Crippen LogP contribution in [0, 0.1) is 5.82 Å². The first-order valence-corrected chi connectivity index (χ1v) is 13.5. The Balaban J connectivity index is 1.74. The van der Waals surface area contributed by atoms with Crippen molar-refractivity contribution in [2.75, 3.05) is 30.4 Å². The number of nitrogens with two attached hydrogens (primary N) is 1. The maximum Gasteiger partial charge on any atom is 0.257 e. The molecule has 200 valence electrons. The summed E-state index contributed by atoms with van der Waals surface area (Å²) in [4.78, 5) is 28.2. The van der Waals surface area contributed by atoms with E-state index in [0.717, 1.165) is 23.3 Å². The zero-order valence-corrected chi connectivity index (χ0v) is 22.4. The summed E-state index contributed by atoms with van der Waals surface area (Å²) in [6, 6.07) is 12.4. The molecule has 0 bridgehead atoms. The highest BCUT2D eigenvalue weighted by atomic mass is 35.5. The van der Waals surface area contributed by atoms with E-state index in [2.05, 4.69) is 20.8 Å². The smallest absolute Gasteiger partial charge is 0.257 e. The molecule has 4 N–H and O–H groups in total. The summed E-state index contributed by atoms with van der Waals surface area (Å²) >= 11 is 5.90. The van der Waals surface area contributed by atoms with Crippen LogP contribution in [0.25, 0.3) is 0 Å². The van der Waals surface area contributed by atoms with E-state index < -0.39 is 33.1 Å². The molecule has 3 aromatic rings. The quantitative estimate of drug-likeness (QED) is 0.402. The summed E-state index contributed by atoms with van der Waals surface area (Å²) < 4.78 is 37.4. The van der Waals surface area contributed by atoms with Crippen LogP contribution in [0.4, 0.5) is 15.9 Å². The molecular formula is C25H26ClFN6O4S. The molecule has 2 aromatic carbocycles. The van der Waals surface area contributed by atoms with Gasteiger partial charge in [-0.25, -0.2) is 17.9 Å². The molecule has 1 fully saturated rings. The molecule has 13 heteroatoms. The van der Waals surface area contributed by atoms with Crippen LogP contribution in [0.1, 0.15) is 41.3 Å². The molecule has 38 heavy (non-hydrogen) atoms. The average Bonchev–Trinajstić information content (AvgIpc) is 2.85. The number of carbonyl (C=O) groups is 2. The van der Waals surface area contributed by atoms with Gasteiger partial charge in [-0.2, -0.15) is 0 Å². The number of hydrogen-bond donors (Lipinski definition) is 3. The van der Waals surface area contributed by atoms with E-state index in [0.29, 0.717) is 5.82 Å². The second-order valence-electron chi connectivity index (χ2n) is 9.30. The summed E-state index contributed by atoms with van der Waals surface area (Å²) in [7, 11) is -2.60. The van der Waals surface area contributed by atoms with Crippen LogP contribution in [0.5, 0.6) is 0 Å². The molecular weight excluding hydrogens is 535 g/mol. The number of sulfonamides is 1. The zero-order valence-electron chi connectivity index (χ0n) is 20.8. The van der Waals surface area contributed by atoms with Crippen molar-refractivity contribution in [3.05, 3.63) is 76.1 Å². The van der Waals surface area contributed by atoms with Crippen LogP contribution < -0.4 is 20.7 Å². The molecule has 2 heterocycles. The van der Waals surface area contributed by atoms with Crippen molar-refractivity contribution in [3.63, 3.8) is 0 Å². The number of primary sulfonamides is 1. The first kappa shape index (κ1) is 27.4. The first-order valence-electron chi connectivity index (χ1n) is 11.6. The molecule has 0 spiro atoms. The van der Waals surface area contributed by atoms with Crippen molar-refractivity contribution in [1.82, 2.24) is 15.5 Å². The minimum Gasteiger partial charge on any atom is -0.355 e. The Morgan fingerprint density at radius 2 is 1.82 bits per heavy atom. The van der Waals surface area contributed by atoms with E-state index in [4.69, 9.17) is 16.7 Å². The largest absolute Gasteiger partial charge is 0.355 e. The van der Waals surface area contributed by atoms with Crippen LogP contribution in [-0.4, -0.2) is 50.6 Å². The van der Waals surface area contributed by atoms with Gasteiger partial charge in [0.05, 0.1) is 16.3 Å². The van der Waals surface area contributed by atoms with Gasteiger partial charge in [0.2, 0.25) is 5.91 Å². The van der Waals surface area contributed by atoms with Crippen LogP contribution in [0.3, 0.4) is 0 Å². The van der Waals surface area contributed by atoms with Gasteiger partial charge in [0.25, 0.3) is 15.9 Å². The summed E-state index contributed by atoms with van der Waals surface area (Å²) in [6.45, 7) is 4.35. The fourth-order valence-corrected chi connectivity index (χ4v) is 5.06. The van der Waals surface area contributed by atoms with Crippen molar-refractivity contribution in [1.29, 1.82) is 0 Å². The Hall–Kier alpha value is -3.61. The third-order valence-electron chi connectivity index (χ3n) is 6.48. The Kier molecular flexibility index (Phi) is 7.42. The monoisotopic (exact) mass is 560 g/mol. The SMILES string of the molecule is CNC(=O)c1cc(Cl)c(F)cc1NC(=O)C1(c2ccccc2C(C)C)CN(c2ccc(S(N)(=O)=O)nn2)C1. The fourth-order valence-electron chi connectivity index (χ4n) is 4.49. The topological polar surface area (TPSA) is 147 Å². The maximum atomic E-state index is 14.4. The second-order valence-corrected chi connectivity index (χ2v) is 11.2. The third-order valence-corrected chi connectivity index (χ3v) is 7.57. The first-order chi connectivity index (χ1) is 17.9. The van der Waals surface area contributed by atoms with Crippen LogP contribution in [0.15, 0.2) is 53.6 Å². The highest BCUT2D eigenvalue weighted by Crippen LogP contribution is 2.41. The summed E-state index contributed by atoms with van der Waals surface area (Å²) in [5.74, 6) is -1.34. The normalized spacial score (nSPS) is 14.7. The van der Waals surface area contributed by atoms with Crippen molar-refractivity contribution < 1.29 is 22.4 Å². The van der Waals surface area contributed by atoms with E-state index >= 15 is 0 Å². The minimum atomic E-state index is -4.01. The number of halogens is 2. The Morgan fingerprint density at radius 3 is 2.39 bits per heavy atom. The number of hydrogen-bond acceptors (Lipinski definition) is 7. The molecule has 0 atom stereocenters. The molecule has 2 amide bonds. The minimum absolute atomic E-state index is 0.0140. The predicted molar refractivity (Wildman–Crippen MR) is 141 cm³/mol. The maximum absolute atomic E-state index is 14.4. The van der Waals surface area contributed by atoms with E-state index in [9.17, 15) is 22.4 Å². The Labute approximate surface area is 224 Å². The molecule has 0 saturated carbocycles. The summed E-state index contributed by atoms with van der Waals surface area (Å²) in [6.07, 6.45) is 0. The molecule has 0 unspecified atom stereocenters. The van der Waals surface area contributed by atoms with Gasteiger partial charge in [0.1, 0.15) is 11.2 Å². The highest BCUT2D eigenvalue weighted by Gasteiger charge is 2.52. The van der Waals surface area contributed by atoms with Crippen LogP contribution in [-0.2, 0) is 20.2 Å². The van der Waals surface area contributed by atoms with Crippen molar-refractivity contribution in [3.8, 4) is 0 Å². The number of rotatable bonds is 7. The van der Waals surface area contributed by atoms with E-state index in [1.54, 1.807) is 4.90 Å². The zero-order chi connectivity index (χ0) is 27.8. The molecule has 1 saturated heterocycles. The molecule has 1 aromatic heterocycles. The van der Waals surface area contributed by atoms with Crippen molar-refractivity contribution >= 4 is 44.9 Å². The molecule has 0 radical (unpaired) electrons. The Bertz CT molecular complexity index is 1510. The Morgan fingerprint density at radius 1 is 1.13 bits per heavy atom. The number of carbonyl (C=O) groups excluding carboxylic acids is 2. The van der Waals surface area contributed by atoms with Gasteiger partial charge in [-0.05, 0) is 41.3 Å². The lowest BCUT2D eigenvalue weighted by atomic mass is 9.69. The van der Waals surface area contributed by atoms with Gasteiger partial charge >= 0.3 is 0 Å². The van der Waals surface area contributed by atoms with Gasteiger partial charge in [-0.15, -0.1) is 10.2 Å². The van der Waals surface area contributed by atoms with Gasteiger partial charge in [0.15, 0.2) is 10.8 Å². The predicted octanol–water partition coefficient (Wildman–Crippen LogP) is 2.80. The lowest BCUT2D eigenvalue weighted by molar-refractivity contribution is -0.122. The fraction of sp³-hybridized carbons (Fsp3) is 0.280. The van der Waals surface area contributed by atoms with Gasteiger partial charge in [0, 0.05) is 20.1 Å². The molecule has 4 rings (SSSR count). The van der Waals surface area contributed by atoms with Gasteiger partial charge in [-0.1, -0.05) is 49.7 Å². The number of nitrogens with one attached hydrogen (secondary N) is 2. The number of nitrogens with zero attached hydrogens (tertiary/aromatic N) is 3. The van der Waals surface area contributed by atoms with E-state index in [-0.39, 0.29) is 40.3 Å². The molecule has 1 aliphatic rings. The summed E-state index contributed by atoms with van der Waals surface area (Å²) in [5, 5.41) is 17.3. The average molecular weight is 561 g/mol. The van der Waals surface area contributed by atoms with E-state index in [1.165, 1.54) is 19.2 Å². The van der Waals surface area contributed by atoms with E-state index in [1.807, 2.05) is 38.1 Å². The van der Waals surface area contributed by atoms with Crippen molar-refractivity contribution in [2.45, 2.75) is 30.2 Å². The highest BCUT2D eigenvalue weighted by molar-refractivity contribution is 7.89. The molecule has 10 nitrogen and oxygen atoms in total. The lowest BCUT2D eigenvalue weighted by Gasteiger charge is -2.50. The third kappa shape index (κ3) is 5.06. The van der Waals surface area contributed by atoms with Gasteiger partial charge < -0.3 is 15.5 Å². The lowest BCUT2D eigenvalue weighted by Crippen LogP contribution is -2.66.